The van der Waals surface area contributed by atoms with Gasteiger partial charge in [0, 0.05) is 37.9 Å². The van der Waals surface area contributed by atoms with E-state index in [1.165, 1.54) is 4.57 Å². The highest BCUT2D eigenvalue weighted by Crippen LogP contribution is 2.23. The predicted octanol–water partition coefficient (Wildman–Crippen LogP) is 1.31. The lowest BCUT2D eigenvalue weighted by atomic mass is 10.2. The standard InChI is InChI=1S/C17H24N4O2/c22-16-15-7-5-13-20(15)17(23)21(16)12-4-3-9-18-11-8-14-6-1-2-10-19-14/h1-2,6,10,18,22H,3-5,7-9,11-13H2. The van der Waals surface area contributed by atoms with Crippen LogP contribution in [0, 0.1) is 0 Å². The second-order valence-corrected chi connectivity index (χ2v) is 5.99. The first-order chi connectivity index (χ1) is 11.3. The van der Waals surface area contributed by atoms with Gasteiger partial charge in [0.15, 0.2) is 0 Å². The number of rotatable bonds is 8. The zero-order chi connectivity index (χ0) is 16.1. The Morgan fingerprint density at radius 2 is 2.17 bits per heavy atom. The summed E-state index contributed by atoms with van der Waals surface area (Å²) in [4.78, 5) is 16.4. The van der Waals surface area contributed by atoms with Crippen LogP contribution in [0.5, 0.6) is 5.88 Å². The van der Waals surface area contributed by atoms with Crippen LogP contribution >= 0.6 is 0 Å². The van der Waals surface area contributed by atoms with E-state index in [0.717, 1.165) is 63.1 Å². The third kappa shape index (κ3) is 3.64. The molecule has 0 spiro atoms. The van der Waals surface area contributed by atoms with Gasteiger partial charge in [-0.25, -0.2) is 4.79 Å². The minimum Gasteiger partial charge on any atom is -0.493 e. The Bertz CT molecular complexity index is 691. The molecular weight excluding hydrogens is 292 g/mol. The molecule has 0 amide bonds. The SMILES string of the molecule is O=c1n(CCCCNCCc2ccccn2)c(O)c2n1CCC2. The fourth-order valence-corrected chi connectivity index (χ4v) is 3.12. The first kappa shape index (κ1) is 15.8. The number of unbranched alkanes of at least 4 members (excludes halogenated alkanes) is 1. The Labute approximate surface area is 135 Å². The molecule has 2 aromatic rings. The first-order valence-electron chi connectivity index (χ1n) is 8.39. The Morgan fingerprint density at radius 3 is 2.96 bits per heavy atom. The molecule has 0 unspecified atom stereocenters. The highest BCUT2D eigenvalue weighted by molar-refractivity contribution is 5.22. The maximum atomic E-state index is 12.1. The van der Waals surface area contributed by atoms with E-state index in [-0.39, 0.29) is 11.6 Å². The minimum absolute atomic E-state index is 0.0573. The number of aromatic nitrogens is 3. The molecule has 0 aromatic carbocycles. The summed E-state index contributed by atoms with van der Waals surface area (Å²) in [5.74, 6) is 0.176. The summed E-state index contributed by atoms with van der Waals surface area (Å²) in [5, 5.41) is 13.5. The van der Waals surface area contributed by atoms with Crippen LogP contribution in [0.4, 0.5) is 0 Å². The van der Waals surface area contributed by atoms with Crippen molar-refractivity contribution in [2.24, 2.45) is 0 Å². The summed E-state index contributed by atoms with van der Waals surface area (Å²) < 4.78 is 3.23. The molecule has 23 heavy (non-hydrogen) atoms. The Balaban J connectivity index is 1.35. The van der Waals surface area contributed by atoms with Crippen LogP contribution in [0.3, 0.4) is 0 Å². The number of hydrogen-bond donors (Lipinski definition) is 2. The van der Waals surface area contributed by atoms with E-state index in [0.29, 0.717) is 6.54 Å². The molecule has 1 aliphatic rings. The second-order valence-electron chi connectivity index (χ2n) is 5.99. The molecule has 3 heterocycles. The average Bonchev–Trinajstić information content (AvgIpc) is 3.14. The molecule has 6 nitrogen and oxygen atoms in total. The van der Waals surface area contributed by atoms with E-state index in [4.69, 9.17) is 0 Å². The number of aromatic hydroxyl groups is 1. The van der Waals surface area contributed by atoms with Crippen LogP contribution in [0.1, 0.15) is 30.7 Å². The molecule has 0 radical (unpaired) electrons. The van der Waals surface area contributed by atoms with Gasteiger partial charge in [-0.1, -0.05) is 6.07 Å². The zero-order valence-electron chi connectivity index (χ0n) is 13.4. The van der Waals surface area contributed by atoms with Crippen molar-refractivity contribution in [2.45, 2.75) is 45.2 Å². The largest absolute Gasteiger partial charge is 0.493 e. The van der Waals surface area contributed by atoms with E-state index in [1.54, 1.807) is 4.57 Å². The normalized spacial score (nSPS) is 13.4. The van der Waals surface area contributed by atoms with Crippen LogP contribution < -0.4 is 11.0 Å². The Kier molecular flexibility index (Phi) is 5.12. The monoisotopic (exact) mass is 316 g/mol. The number of hydrogen-bond acceptors (Lipinski definition) is 4. The summed E-state index contributed by atoms with van der Waals surface area (Å²) in [5.41, 5.74) is 1.85. The van der Waals surface area contributed by atoms with E-state index in [9.17, 15) is 9.90 Å². The molecule has 0 atom stereocenters. The van der Waals surface area contributed by atoms with Gasteiger partial charge in [-0.15, -0.1) is 0 Å². The highest BCUT2D eigenvalue weighted by atomic mass is 16.3. The average molecular weight is 316 g/mol. The summed E-state index contributed by atoms with van der Waals surface area (Å²) in [6.07, 6.45) is 6.37. The number of fused-ring (bicyclic) bond motifs is 1. The topological polar surface area (TPSA) is 72.1 Å². The lowest BCUT2D eigenvalue weighted by molar-refractivity contribution is 0.400. The van der Waals surface area contributed by atoms with Gasteiger partial charge in [0.05, 0.1) is 5.69 Å². The van der Waals surface area contributed by atoms with Crippen molar-refractivity contribution < 1.29 is 5.11 Å². The van der Waals surface area contributed by atoms with Gasteiger partial charge in [0.25, 0.3) is 0 Å². The predicted molar refractivity (Wildman–Crippen MR) is 88.7 cm³/mol. The van der Waals surface area contributed by atoms with Gasteiger partial charge >= 0.3 is 5.69 Å². The molecule has 3 rings (SSSR count). The molecule has 0 saturated heterocycles. The fraction of sp³-hybridized carbons (Fsp3) is 0.529. The highest BCUT2D eigenvalue weighted by Gasteiger charge is 2.22. The lowest BCUT2D eigenvalue weighted by Crippen LogP contribution is -2.24. The van der Waals surface area contributed by atoms with E-state index in [2.05, 4.69) is 10.3 Å². The van der Waals surface area contributed by atoms with Crippen LogP contribution in [0.25, 0.3) is 0 Å². The van der Waals surface area contributed by atoms with Crippen LogP contribution in [-0.2, 0) is 25.9 Å². The van der Waals surface area contributed by atoms with Crippen molar-refractivity contribution in [3.8, 4) is 5.88 Å². The van der Waals surface area contributed by atoms with Gasteiger partial charge in [0.1, 0.15) is 0 Å². The van der Waals surface area contributed by atoms with E-state index < -0.39 is 0 Å². The Morgan fingerprint density at radius 1 is 1.26 bits per heavy atom. The molecule has 0 saturated carbocycles. The number of pyridine rings is 1. The van der Waals surface area contributed by atoms with Crippen LogP contribution in [-0.4, -0.2) is 32.3 Å². The molecule has 2 aromatic heterocycles. The van der Waals surface area contributed by atoms with Gasteiger partial charge in [-0.05, 0) is 44.4 Å². The number of nitrogens with zero attached hydrogens (tertiary/aromatic N) is 3. The lowest BCUT2D eigenvalue weighted by Gasteiger charge is -2.06. The second kappa shape index (κ2) is 7.46. The summed E-state index contributed by atoms with van der Waals surface area (Å²) in [6.45, 7) is 3.15. The van der Waals surface area contributed by atoms with Gasteiger partial charge in [0.2, 0.25) is 5.88 Å². The van der Waals surface area contributed by atoms with Crippen LogP contribution in [0.15, 0.2) is 29.2 Å². The molecule has 124 valence electrons. The van der Waals surface area contributed by atoms with Gasteiger partial charge in [-0.2, -0.15) is 0 Å². The molecule has 6 heteroatoms. The maximum absolute atomic E-state index is 12.1. The number of imidazole rings is 1. The zero-order valence-corrected chi connectivity index (χ0v) is 13.4. The van der Waals surface area contributed by atoms with E-state index >= 15 is 0 Å². The molecular formula is C17H24N4O2. The van der Waals surface area contributed by atoms with Crippen molar-refractivity contribution in [3.05, 3.63) is 46.3 Å². The van der Waals surface area contributed by atoms with Crippen molar-refractivity contribution in [1.29, 1.82) is 0 Å². The van der Waals surface area contributed by atoms with Crippen LogP contribution in [0.2, 0.25) is 0 Å². The summed E-state index contributed by atoms with van der Waals surface area (Å²) >= 11 is 0. The molecule has 2 N–H and O–H groups in total. The summed E-state index contributed by atoms with van der Waals surface area (Å²) in [6, 6.07) is 5.96. The van der Waals surface area contributed by atoms with E-state index in [1.807, 2.05) is 24.4 Å². The van der Waals surface area contributed by atoms with Crippen molar-refractivity contribution in [2.75, 3.05) is 13.1 Å². The fourth-order valence-electron chi connectivity index (χ4n) is 3.12. The molecule has 1 aliphatic heterocycles. The minimum atomic E-state index is -0.0573. The molecule has 0 bridgehead atoms. The first-order valence-corrected chi connectivity index (χ1v) is 8.39. The van der Waals surface area contributed by atoms with Crippen molar-refractivity contribution >= 4 is 0 Å². The molecule has 0 aliphatic carbocycles. The third-order valence-corrected chi connectivity index (χ3v) is 4.37. The maximum Gasteiger partial charge on any atom is 0.331 e. The third-order valence-electron chi connectivity index (χ3n) is 4.37. The van der Waals surface area contributed by atoms with Gasteiger partial charge in [-0.3, -0.25) is 14.1 Å². The van der Waals surface area contributed by atoms with Gasteiger partial charge < -0.3 is 10.4 Å². The number of nitrogens with one attached hydrogen (secondary N) is 1. The summed E-state index contributed by atoms with van der Waals surface area (Å²) in [7, 11) is 0. The quantitative estimate of drug-likeness (QED) is 0.720. The Hall–Kier alpha value is -2.08. The smallest absolute Gasteiger partial charge is 0.331 e. The van der Waals surface area contributed by atoms with Crippen molar-refractivity contribution in [3.63, 3.8) is 0 Å². The van der Waals surface area contributed by atoms with Crippen molar-refractivity contribution in [1.82, 2.24) is 19.4 Å². The molecule has 0 fully saturated rings.